The van der Waals surface area contributed by atoms with E-state index in [4.69, 9.17) is 11.5 Å². The molecule has 0 bridgehead atoms. The van der Waals surface area contributed by atoms with E-state index in [9.17, 15) is 9.59 Å². The maximum atomic E-state index is 10.3. The molecule has 3 aromatic carbocycles. The molecule has 0 saturated heterocycles. The number of hydrogen-bond donors (Lipinski definition) is 0. The Morgan fingerprint density at radius 3 is 1.08 bits per heavy atom. The number of benzene rings is 3. The zero-order chi connectivity index (χ0) is 17.6. The van der Waals surface area contributed by atoms with Gasteiger partial charge in [0.2, 0.25) is 0 Å². The molecule has 2 amide bonds. The van der Waals surface area contributed by atoms with Crippen molar-refractivity contribution in [2.45, 2.75) is 0 Å². The fraction of sp³-hybridized carbons (Fsp3) is 0. The summed E-state index contributed by atoms with van der Waals surface area (Å²) < 4.78 is 0. The van der Waals surface area contributed by atoms with E-state index >= 15 is 0 Å². The standard InChI is InChI=1S/2C7H7NO.C6H5.Ce/c2*8-7(9)6-4-2-1-3-5-6;1-2-4-6-5-3-1;/h2*1-5H,(H2,8,9);1-5H;/q;;-1;+3/p-2. The van der Waals surface area contributed by atoms with Crippen LogP contribution in [0.4, 0.5) is 0 Å². The maximum Gasteiger partial charge on any atom is 3.00 e. The summed E-state index contributed by atoms with van der Waals surface area (Å²) in [5.74, 6) is -1.26. The molecule has 0 fully saturated rings. The van der Waals surface area contributed by atoms with Crippen LogP contribution in [-0.4, -0.2) is 11.8 Å². The Kier molecular flexibility index (Phi) is 13.2. The zero-order valence-corrected chi connectivity index (χ0v) is 16.6. The van der Waals surface area contributed by atoms with Crippen molar-refractivity contribution in [1.82, 2.24) is 0 Å². The fourth-order valence-electron chi connectivity index (χ4n) is 1.52. The summed E-state index contributed by atoms with van der Waals surface area (Å²) in [4.78, 5) is 20.6. The van der Waals surface area contributed by atoms with Gasteiger partial charge in [0.15, 0.2) is 0 Å². The molecule has 0 saturated carbocycles. The van der Waals surface area contributed by atoms with Crippen LogP contribution < -0.4 is 0 Å². The van der Waals surface area contributed by atoms with Crippen molar-refractivity contribution >= 4 is 11.8 Å². The Balaban J connectivity index is 0.000000346. The van der Waals surface area contributed by atoms with Crippen molar-refractivity contribution in [3.05, 3.63) is 120 Å². The van der Waals surface area contributed by atoms with Gasteiger partial charge in [-0.1, -0.05) is 60.7 Å². The first-order valence-electron chi connectivity index (χ1n) is 7.14. The van der Waals surface area contributed by atoms with E-state index in [1.165, 1.54) is 0 Å². The average Bonchev–Trinajstić information content (AvgIpc) is 2.65. The Hall–Kier alpha value is -2.02. The predicted octanol–water partition coefficient (Wildman–Crippen LogP) is 5.24. The van der Waals surface area contributed by atoms with E-state index in [0.717, 1.165) is 0 Å². The molecule has 0 spiro atoms. The number of amides is 2. The van der Waals surface area contributed by atoms with Crippen LogP contribution in [0.5, 0.6) is 0 Å². The van der Waals surface area contributed by atoms with Crippen LogP contribution >= 0.6 is 0 Å². The Morgan fingerprint density at radius 1 is 0.600 bits per heavy atom. The molecule has 3 rings (SSSR count). The molecule has 4 nitrogen and oxygen atoms in total. The van der Waals surface area contributed by atoms with Gasteiger partial charge in [0.25, 0.3) is 0 Å². The van der Waals surface area contributed by atoms with Gasteiger partial charge < -0.3 is 21.1 Å². The fourth-order valence-corrected chi connectivity index (χ4v) is 1.52. The largest absolute Gasteiger partial charge is 3.00 e. The number of carbonyl (C=O) groups is 2. The van der Waals surface area contributed by atoms with E-state index in [1.54, 1.807) is 48.5 Å². The molecule has 123 valence electrons. The summed E-state index contributed by atoms with van der Waals surface area (Å²) >= 11 is 0. The Labute approximate surface area is 181 Å². The van der Waals surface area contributed by atoms with Crippen LogP contribution in [0.25, 0.3) is 11.5 Å². The van der Waals surface area contributed by atoms with Crippen molar-refractivity contribution in [2.24, 2.45) is 0 Å². The first-order valence-corrected chi connectivity index (χ1v) is 7.14. The van der Waals surface area contributed by atoms with Gasteiger partial charge in [-0.3, -0.25) is 0 Å². The summed E-state index contributed by atoms with van der Waals surface area (Å²) in [5.41, 5.74) is 14.2. The van der Waals surface area contributed by atoms with Crippen LogP contribution in [-0.2, 0) is 0 Å². The predicted molar refractivity (Wildman–Crippen MR) is 95.5 cm³/mol. The second-order valence-corrected chi connectivity index (χ2v) is 4.47. The smallest absolute Gasteiger partial charge is 0.664 e. The van der Waals surface area contributed by atoms with Gasteiger partial charge >= 0.3 is 41.7 Å². The molecule has 1 radical (unpaired) electrons. The third-order valence-electron chi connectivity index (χ3n) is 2.68. The molecule has 5 heteroatoms. The number of hydrogen-bond acceptors (Lipinski definition) is 2. The van der Waals surface area contributed by atoms with Gasteiger partial charge in [0.05, 0.1) is 11.8 Å². The number of nitrogens with one attached hydrogen (secondary N) is 2. The second-order valence-electron chi connectivity index (χ2n) is 4.47. The normalized spacial score (nSPS) is 8.32. The van der Waals surface area contributed by atoms with Crippen molar-refractivity contribution in [2.75, 3.05) is 0 Å². The van der Waals surface area contributed by atoms with Crippen LogP contribution in [0.2, 0.25) is 0 Å². The molecule has 0 aliphatic heterocycles. The van der Waals surface area contributed by atoms with Crippen molar-refractivity contribution in [1.29, 1.82) is 0 Å². The van der Waals surface area contributed by atoms with E-state index < -0.39 is 11.8 Å². The molecule has 0 aromatic heterocycles. The van der Waals surface area contributed by atoms with E-state index in [2.05, 4.69) is 6.07 Å². The third-order valence-corrected chi connectivity index (χ3v) is 2.68. The van der Waals surface area contributed by atoms with Gasteiger partial charge in [-0.05, 0) is 11.1 Å². The second kappa shape index (κ2) is 14.3. The summed E-state index contributed by atoms with van der Waals surface area (Å²) in [6.45, 7) is 0. The van der Waals surface area contributed by atoms with Gasteiger partial charge in [-0.2, -0.15) is 36.4 Å². The van der Waals surface area contributed by atoms with E-state index in [-0.39, 0.29) is 41.7 Å². The first-order chi connectivity index (χ1) is 11.6. The quantitative estimate of drug-likeness (QED) is 0.493. The molecular formula is C20H17CeN2O2. The Bertz CT molecular complexity index is 644. The molecule has 0 aliphatic rings. The van der Waals surface area contributed by atoms with Crippen LogP contribution in [0.15, 0.2) is 91.0 Å². The molecule has 0 atom stereocenters. The van der Waals surface area contributed by atoms with Crippen molar-refractivity contribution in [3.63, 3.8) is 0 Å². The van der Waals surface area contributed by atoms with Gasteiger partial charge in [-0.15, -0.1) is 0 Å². The van der Waals surface area contributed by atoms with E-state index in [1.807, 2.05) is 42.5 Å². The third kappa shape index (κ3) is 11.2. The van der Waals surface area contributed by atoms with Crippen LogP contribution in [0.3, 0.4) is 0 Å². The minimum atomic E-state index is -0.629. The summed E-state index contributed by atoms with van der Waals surface area (Å²) in [6.07, 6.45) is 0. The van der Waals surface area contributed by atoms with E-state index in [0.29, 0.717) is 11.1 Å². The van der Waals surface area contributed by atoms with Gasteiger partial charge in [0.1, 0.15) is 0 Å². The first kappa shape index (κ1) is 23.0. The maximum absolute atomic E-state index is 10.3. The summed E-state index contributed by atoms with van der Waals surface area (Å²) in [5, 5.41) is 0. The van der Waals surface area contributed by atoms with Crippen molar-refractivity contribution in [3.8, 4) is 0 Å². The molecule has 0 aliphatic carbocycles. The topological polar surface area (TPSA) is 81.7 Å². The minimum absolute atomic E-state index is 0. The molecule has 2 N–H and O–H groups in total. The number of rotatable bonds is 2. The van der Waals surface area contributed by atoms with Gasteiger partial charge in [-0.25, -0.2) is 0 Å². The van der Waals surface area contributed by atoms with Gasteiger partial charge in [0, 0.05) is 0 Å². The Morgan fingerprint density at radius 2 is 0.920 bits per heavy atom. The van der Waals surface area contributed by atoms with Crippen LogP contribution in [0.1, 0.15) is 20.7 Å². The average molecular weight is 457 g/mol. The minimum Gasteiger partial charge on any atom is -0.664 e. The molecule has 3 aromatic rings. The van der Waals surface area contributed by atoms with Crippen LogP contribution in [0, 0.1) is 47.8 Å². The molecule has 0 heterocycles. The summed E-state index contributed by atoms with van der Waals surface area (Å²) in [7, 11) is 0. The molecular weight excluding hydrogens is 440 g/mol. The SMILES string of the molecule is [Ce+3].[NH-]C(=O)c1ccccc1.[NH-]C(=O)c1ccccc1.[c-]1ccccc1. The number of carbonyl (C=O) groups excluding carboxylic acids is 2. The molecule has 0 unspecified atom stereocenters. The monoisotopic (exact) mass is 457 g/mol. The summed E-state index contributed by atoms with van der Waals surface area (Å²) in [6, 6.07) is 29.6. The molecule has 25 heavy (non-hydrogen) atoms. The zero-order valence-electron chi connectivity index (χ0n) is 13.5. The van der Waals surface area contributed by atoms with Crippen molar-refractivity contribution < 1.29 is 51.3 Å².